The summed E-state index contributed by atoms with van der Waals surface area (Å²) in [7, 11) is 0. The van der Waals surface area contributed by atoms with Crippen LogP contribution in [0.2, 0.25) is 0 Å². The van der Waals surface area contributed by atoms with Gasteiger partial charge in [-0.25, -0.2) is 0 Å². The zero-order valence-electron chi connectivity index (χ0n) is 8.51. The number of nitrogens with zero attached hydrogens (tertiary/aromatic N) is 1. The molecule has 0 saturated carbocycles. The minimum absolute atomic E-state index is 0.520. The molecule has 0 aliphatic carbocycles. The van der Waals surface area contributed by atoms with Crippen molar-refractivity contribution in [3.05, 3.63) is 46.8 Å². The first kappa shape index (κ1) is 10.7. The van der Waals surface area contributed by atoms with Gasteiger partial charge in [-0.15, -0.1) is 11.3 Å². The van der Waals surface area contributed by atoms with Crippen molar-refractivity contribution < 1.29 is 4.74 Å². The Balaban J connectivity index is 2.17. The van der Waals surface area contributed by atoms with E-state index in [0.717, 1.165) is 9.94 Å². The molecular weight excluding hydrogens is 220 g/mol. The lowest BCUT2D eigenvalue weighted by molar-refractivity contribution is 0.496. The molecule has 0 bridgehead atoms. The van der Waals surface area contributed by atoms with Crippen LogP contribution in [0, 0.1) is 11.3 Å². The van der Waals surface area contributed by atoms with Crippen molar-refractivity contribution in [3.63, 3.8) is 0 Å². The lowest BCUT2D eigenvalue weighted by atomic mass is 10.2. The smallest absolute Gasteiger partial charge is 0.181 e. The average molecular weight is 230 g/mol. The molecule has 2 rings (SSSR count). The third kappa shape index (κ3) is 2.40. The topological polar surface area (TPSA) is 59.0 Å². The average Bonchev–Trinajstić information content (AvgIpc) is 2.77. The van der Waals surface area contributed by atoms with Crippen molar-refractivity contribution in [1.29, 1.82) is 5.26 Å². The van der Waals surface area contributed by atoms with E-state index in [2.05, 4.69) is 6.07 Å². The molecule has 0 spiro atoms. The van der Waals surface area contributed by atoms with Gasteiger partial charge in [-0.3, -0.25) is 0 Å². The molecule has 1 heterocycles. The number of rotatable bonds is 3. The predicted octanol–water partition coefficient (Wildman–Crippen LogP) is 2.87. The Kier molecular flexibility index (Phi) is 3.20. The summed E-state index contributed by atoms with van der Waals surface area (Å²) < 4.78 is 5.62. The van der Waals surface area contributed by atoms with Crippen LogP contribution in [-0.4, -0.2) is 0 Å². The van der Waals surface area contributed by atoms with Gasteiger partial charge in [0.05, 0.1) is 11.6 Å². The molecule has 16 heavy (non-hydrogen) atoms. The largest absolute Gasteiger partial charge is 0.447 e. The van der Waals surface area contributed by atoms with Crippen LogP contribution in [0.1, 0.15) is 10.4 Å². The first-order valence-corrected chi connectivity index (χ1v) is 5.60. The van der Waals surface area contributed by atoms with E-state index in [1.807, 2.05) is 18.2 Å². The lowest BCUT2D eigenvalue weighted by Crippen LogP contribution is -1.91. The van der Waals surface area contributed by atoms with E-state index in [0.29, 0.717) is 17.9 Å². The number of thiophene rings is 1. The highest BCUT2D eigenvalue weighted by Gasteiger charge is 2.02. The Hall–Kier alpha value is -1.83. The number of hydrogen-bond acceptors (Lipinski definition) is 4. The van der Waals surface area contributed by atoms with Gasteiger partial charge in [0, 0.05) is 11.4 Å². The molecule has 1 aromatic carbocycles. The molecule has 0 saturated heterocycles. The molecule has 0 aliphatic heterocycles. The molecule has 0 unspecified atom stereocenters. The Morgan fingerprint density at radius 2 is 2.19 bits per heavy atom. The fourth-order valence-corrected chi connectivity index (χ4v) is 2.02. The fourth-order valence-electron chi connectivity index (χ4n) is 1.27. The van der Waals surface area contributed by atoms with E-state index < -0.39 is 0 Å². The molecule has 1 aromatic heterocycles. The molecule has 0 fully saturated rings. The van der Waals surface area contributed by atoms with Gasteiger partial charge in [0.15, 0.2) is 5.06 Å². The second-order valence-electron chi connectivity index (χ2n) is 3.17. The minimum atomic E-state index is 0.520. The number of benzene rings is 1. The van der Waals surface area contributed by atoms with Gasteiger partial charge >= 0.3 is 0 Å². The number of ether oxygens (including phenoxy) is 1. The summed E-state index contributed by atoms with van der Waals surface area (Å²) in [5, 5.41) is 9.54. The Morgan fingerprint density at radius 1 is 1.31 bits per heavy atom. The van der Waals surface area contributed by atoms with Gasteiger partial charge in [-0.1, -0.05) is 6.07 Å². The van der Waals surface area contributed by atoms with Crippen LogP contribution in [0.5, 0.6) is 10.8 Å². The highest BCUT2D eigenvalue weighted by molar-refractivity contribution is 7.13. The summed E-state index contributed by atoms with van der Waals surface area (Å²) in [5.74, 6) is 0.671. The maximum atomic E-state index is 8.75. The van der Waals surface area contributed by atoms with Crippen molar-refractivity contribution in [2.24, 2.45) is 5.73 Å². The Labute approximate surface area is 97.7 Å². The van der Waals surface area contributed by atoms with Gasteiger partial charge in [0.25, 0.3) is 0 Å². The molecule has 4 heteroatoms. The summed E-state index contributed by atoms with van der Waals surface area (Å²) in [6.07, 6.45) is 0. The second-order valence-corrected chi connectivity index (χ2v) is 4.30. The first-order chi connectivity index (χ1) is 7.81. The number of hydrogen-bond donors (Lipinski definition) is 1. The third-order valence-corrected chi connectivity index (χ3v) is 3.01. The van der Waals surface area contributed by atoms with Crippen LogP contribution in [0.15, 0.2) is 36.4 Å². The van der Waals surface area contributed by atoms with Crippen LogP contribution < -0.4 is 10.5 Å². The molecule has 3 nitrogen and oxygen atoms in total. The van der Waals surface area contributed by atoms with E-state index in [1.54, 1.807) is 18.2 Å². The predicted molar refractivity (Wildman–Crippen MR) is 63.4 cm³/mol. The molecule has 2 N–H and O–H groups in total. The number of nitrogens with two attached hydrogens (primary N) is 1. The summed E-state index contributed by atoms with van der Waals surface area (Å²) in [6.45, 7) is 0.520. The number of nitriles is 1. The normalized spacial score (nSPS) is 9.75. The van der Waals surface area contributed by atoms with Gasteiger partial charge in [0.2, 0.25) is 0 Å². The van der Waals surface area contributed by atoms with Crippen LogP contribution >= 0.6 is 11.3 Å². The zero-order chi connectivity index (χ0) is 11.4. The van der Waals surface area contributed by atoms with E-state index in [9.17, 15) is 0 Å². The lowest BCUT2D eigenvalue weighted by Gasteiger charge is -2.01. The molecule has 0 aliphatic rings. The second kappa shape index (κ2) is 4.79. The van der Waals surface area contributed by atoms with Crippen molar-refractivity contribution in [2.75, 3.05) is 0 Å². The van der Waals surface area contributed by atoms with E-state index in [1.165, 1.54) is 11.3 Å². The summed E-state index contributed by atoms with van der Waals surface area (Å²) in [4.78, 5) is 1.08. The first-order valence-electron chi connectivity index (χ1n) is 4.78. The molecule has 0 atom stereocenters. The SMILES string of the molecule is N#Cc1cccc(Oc2ccc(CN)s2)c1. The molecule has 80 valence electrons. The zero-order valence-corrected chi connectivity index (χ0v) is 9.33. The Morgan fingerprint density at radius 3 is 2.88 bits per heavy atom. The van der Waals surface area contributed by atoms with Gasteiger partial charge in [0.1, 0.15) is 5.75 Å². The van der Waals surface area contributed by atoms with E-state index in [4.69, 9.17) is 15.7 Å². The maximum absolute atomic E-state index is 8.75. The summed E-state index contributed by atoms with van der Waals surface area (Å²) in [5.41, 5.74) is 6.10. The van der Waals surface area contributed by atoms with Crippen molar-refractivity contribution in [3.8, 4) is 16.9 Å². The summed E-state index contributed by atoms with van der Waals surface area (Å²) in [6, 6.07) is 13.0. The van der Waals surface area contributed by atoms with Gasteiger partial charge in [-0.05, 0) is 30.3 Å². The van der Waals surface area contributed by atoms with Crippen LogP contribution in [0.3, 0.4) is 0 Å². The molecule has 0 radical (unpaired) electrons. The van der Waals surface area contributed by atoms with E-state index in [-0.39, 0.29) is 0 Å². The molecule has 0 amide bonds. The quantitative estimate of drug-likeness (QED) is 0.882. The van der Waals surface area contributed by atoms with Crippen molar-refractivity contribution in [1.82, 2.24) is 0 Å². The molecule has 2 aromatic rings. The highest BCUT2D eigenvalue weighted by Crippen LogP contribution is 2.29. The van der Waals surface area contributed by atoms with E-state index >= 15 is 0 Å². The maximum Gasteiger partial charge on any atom is 0.181 e. The van der Waals surface area contributed by atoms with Crippen molar-refractivity contribution in [2.45, 2.75) is 6.54 Å². The van der Waals surface area contributed by atoms with Crippen LogP contribution in [-0.2, 0) is 6.54 Å². The molecular formula is C12H10N2OS. The highest BCUT2D eigenvalue weighted by atomic mass is 32.1. The third-order valence-electron chi connectivity index (χ3n) is 2.02. The van der Waals surface area contributed by atoms with Gasteiger partial charge < -0.3 is 10.5 Å². The monoisotopic (exact) mass is 230 g/mol. The minimum Gasteiger partial charge on any atom is -0.447 e. The van der Waals surface area contributed by atoms with Crippen LogP contribution in [0.4, 0.5) is 0 Å². The van der Waals surface area contributed by atoms with Crippen molar-refractivity contribution >= 4 is 11.3 Å². The van der Waals surface area contributed by atoms with Crippen LogP contribution in [0.25, 0.3) is 0 Å². The van der Waals surface area contributed by atoms with Gasteiger partial charge in [-0.2, -0.15) is 5.26 Å². The standard InChI is InChI=1S/C12H10N2OS/c13-7-9-2-1-3-10(6-9)15-12-5-4-11(8-14)16-12/h1-6H,8,14H2. The fraction of sp³-hybridized carbons (Fsp3) is 0.0833. The Bertz CT molecular complexity index is 528. The summed E-state index contributed by atoms with van der Waals surface area (Å²) >= 11 is 1.51.